The molecule has 1 atom stereocenters. The zero-order chi connectivity index (χ0) is 20.7. The third-order valence-electron chi connectivity index (χ3n) is 4.65. The summed E-state index contributed by atoms with van der Waals surface area (Å²) in [6.07, 6.45) is 2.45. The van der Waals surface area contributed by atoms with Crippen LogP contribution in [-0.2, 0) is 16.1 Å². The van der Waals surface area contributed by atoms with Crippen LogP contribution < -0.4 is 4.74 Å². The van der Waals surface area contributed by atoms with E-state index in [2.05, 4.69) is 9.38 Å². The Morgan fingerprint density at radius 1 is 1.29 bits per heavy atom. The number of fused-ring (bicyclic) bond motifs is 1. The van der Waals surface area contributed by atoms with E-state index in [1.54, 1.807) is 11.1 Å². The lowest BCUT2D eigenvalue weighted by Gasteiger charge is -2.38. The molecule has 1 aromatic heterocycles. The molecule has 3 rings (SSSR count). The molecule has 28 heavy (non-hydrogen) atoms. The van der Waals surface area contributed by atoms with Crippen LogP contribution in [0.5, 0.6) is 5.75 Å². The van der Waals surface area contributed by atoms with Gasteiger partial charge in [0.1, 0.15) is 33.2 Å². The maximum Gasteiger partial charge on any atom is 0.410 e. The summed E-state index contributed by atoms with van der Waals surface area (Å²) in [5.74, 6) is 0.651. The maximum atomic E-state index is 12.7. The highest BCUT2D eigenvalue weighted by atomic mass is 32.2. The second kappa shape index (κ2) is 7.22. The van der Waals surface area contributed by atoms with Crippen molar-refractivity contribution in [1.29, 1.82) is 0 Å². The largest absolute Gasteiger partial charge is 0.591 e. The van der Waals surface area contributed by atoms with Crippen molar-refractivity contribution in [3.8, 4) is 5.75 Å². The van der Waals surface area contributed by atoms with Crippen molar-refractivity contribution in [3.05, 3.63) is 24.0 Å². The van der Waals surface area contributed by atoms with Gasteiger partial charge in [-0.3, -0.25) is 4.98 Å². The van der Waals surface area contributed by atoms with Gasteiger partial charge in [0.15, 0.2) is 11.3 Å². The molecule has 2 aliphatic rings. The molecule has 1 unspecified atom stereocenters. The molecule has 2 aliphatic heterocycles. The highest BCUT2D eigenvalue weighted by molar-refractivity contribution is 7.91. The molecule has 0 aromatic carbocycles. The van der Waals surface area contributed by atoms with E-state index >= 15 is 0 Å². The number of pyridine rings is 1. The Bertz CT molecular complexity index is 774. The minimum absolute atomic E-state index is 0.326. The Morgan fingerprint density at radius 2 is 1.93 bits per heavy atom. The summed E-state index contributed by atoms with van der Waals surface area (Å²) in [6.45, 7) is 12.2. The van der Waals surface area contributed by atoms with Gasteiger partial charge in [0.05, 0.1) is 0 Å². The molecule has 1 spiro atoms. The van der Waals surface area contributed by atoms with E-state index in [1.165, 1.54) is 0 Å². The van der Waals surface area contributed by atoms with Gasteiger partial charge in [-0.25, -0.2) is 4.79 Å². The third-order valence-corrected chi connectivity index (χ3v) is 6.05. The first-order valence-electron chi connectivity index (χ1n) is 9.55. The third kappa shape index (κ3) is 4.27. The summed E-state index contributed by atoms with van der Waals surface area (Å²) < 4.78 is 28.6. The lowest BCUT2D eigenvalue weighted by Crippen LogP contribution is -2.53. The van der Waals surface area contributed by atoms with Crippen LogP contribution in [-0.4, -0.2) is 55.3 Å². The summed E-state index contributed by atoms with van der Waals surface area (Å²) in [4.78, 5) is 18.5. The SMILES string of the molecule is CC(C)(C)OC(=O)N1CCC2(CC1)Oc1cccnc1C2=N[S+]([O-])C(C)(C)C. The van der Waals surface area contributed by atoms with Crippen molar-refractivity contribution in [2.45, 2.75) is 70.3 Å². The van der Waals surface area contributed by atoms with Crippen LogP contribution in [0.4, 0.5) is 4.79 Å². The number of piperidine rings is 1. The number of aromatic nitrogens is 1. The van der Waals surface area contributed by atoms with Gasteiger partial charge in [0.2, 0.25) is 0 Å². The molecule has 0 radical (unpaired) electrons. The molecule has 8 heteroatoms. The standard InChI is InChI=1S/C20H29N3O4S/c1-18(2,3)27-17(24)23-12-9-20(10-13-23)16(22-28(25)19(4,5)6)15-14(26-20)8-7-11-21-15/h7-8,11H,9-10,12-13H2,1-6H3. The molecule has 154 valence electrons. The lowest BCUT2D eigenvalue weighted by molar-refractivity contribution is 0.00607. The molecule has 0 bridgehead atoms. The van der Waals surface area contributed by atoms with Gasteiger partial charge in [-0.1, -0.05) is 4.40 Å². The van der Waals surface area contributed by atoms with E-state index in [0.29, 0.717) is 43.1 Å². The number of hydrogen-bond acceptors (Lipinski definition) is 6. The van der Waals surface area contributed by atoms with Gasteiger partial charge in [-0.05, 0) is 53.7 Å². The van der Waals surface area contributed by atoms with Gasteiger partial charge in [0, 0.05) is 32.1 Å². The van der Waals surface area contributed by atoms with Crippen LogP contribution >= 0.6 is 0 Å². The normalized spacial score (nSPS) is 21.4. The van der Waals surface area contributed by atoms with E-state index < -0.39 is 27.3 Å². The summed E-state index contributed by atoms with van der Waals surface area (Å²) >= 11 is -1.43. The number of nitrogens with zero attached hydrogens (tertiary/aromatic N) is 3. The van der Waals surface area contributed by atoms with Crippen molar-refractivity contribution in [2.75, 3.05) is 13.1 Å². The quantitative estimate of drug-likeness (QED) is 0.665. The summed E-state index contributed by atoms with van der Waals surface area (Å²) in [6, 6.07) is 3.67. The first kappa shape index (κ1) is 20.9. The van der Waals surface area contributed by atoms with Gasteiger partial charge in [-0.2, -0.15) is 0 Å². The highest BCUT2D eigenvalue weighted by Crippen LogP contribution is 2.41. The van der Waals surface area contributed by atoms with E-state index in [0.717, 1.165) is 0 Å². The minimum Gasteiger partial charge on any atom is -0.591 e. The fraction of sp³-hybridized carbons (Fsp3) is 0.650. The number of ether oxygens (including phenoxy) is 2. The topological polar surface area (TPSA) is 87.1 Å². The average Bonchev–Trinajstić information content (AvgIpc) is 2.86. The van der Waals surface area contributed by atoms with Gasteiger partial charge < -0.3 is 18.9 Å². The van der Waals surface area contributed by atoms with Crippen molar-refractivity contribution in [2.24, 2.45) is 4.40 Å². The minimum atomic E-state index is -1.43. The fourth-order valence-corrected chi connectivity index (χ4v) is 3.88. The van der Waals surface area contributed by atoms with Gasteiger partial charge in [0.25, 0.3) is 0 Å². The molecule has 0 N–H and O–H groups in total. The fourth-order valence-electron chi connectivity index (χ4n) is 3.19. The predicted molar refractivity (Wildman–Crippen MR) is 109 cm³/mol. The Hall–Kier alpha value is -1.80. The van der Waals surface area contributed by atoms with Crippen molar-refractivity contribution >= 4 is 23.2 Å². The first-order chi connectivity index (χ1) is 12.9. The number of carbonyl (C=O) groups is 1. The van der Waals surface area contributed by atoms with E-state index in [-0.39, 0.29) is 6.09 Å². The number of likely N-dealkylation sites (tertiary alicyclic amines) is 1. The maximum absolute atomic E-state index is 12.7. The van der Waals surface area contributed by atoms with Crippen LogP contribution in [0.3, 0.4) is 0 Å². The van der Waals surface area contributed by atoms with Gasteiger partial charge in [-0.15, -0.1) is 0 Å². The van der Waals surface area contributed by atoms with Crippen LogP contribution in [0, 0.1) is 0 Å². The van der Waals surface area contributed by atoms with Crippen molar-refractivity contribution in [3.63, 3.8) is 0 Å². The Balaban J connectivity index is 1.85. The van der Waals surface area contributed by atoms with Gasteiger partial charge >= 0.3 is 6.09 Å². The smallest absolute Gasteiger partial charge is 0.410 e. The van der Waals surface area contributed by atoms with Crippen LogP contribution in [0.25, 0.3) is 0 Å². The van der Waals surface area contributed by atoms with Crippen molar-refractivity contribution in [1.82, 2.24) is 9.88 Å². The molecule has 0 aliphatic carbocycles. The summed E-state index contributed by atoms with van der Waals surface area (Å²) in [5.41, 5.74) is 0.0220. The molecular formula is C20H29N3O4S. The summed E-state index contributed by atoms with van der Waals surface area (Å²) in [5, 5.41) is 0. The van der Waals surface area contributed by atoms with Crippen molar-refractivity contribution < 1.29 is 18.8 Å². The Morgan fingerprint density at radius 3 is 2.50 bits per heavy atom. The summed E-state index contributed by atoms with van der Waals surface area (Å²) in [7, 11) is 0. The zero-order valence-corrected chi connectivity index (χ0v) is 18.3. The van der Waals surface area contributed by atoms with E-state index in [9.17, 15) is 9.35 Å². The number of carbonyl (C=O) groups excluding carboxylic acids is 1. The highest BCUT2D eigenvalue weighted by Gasteiger charge is 2.51. The zero-order valence-electron chi connectivity index (χ0n) is 17.4. The second-order valence-corrected chi connectivity index (χ2v) is 11.1. The molecule has 3 heterocycles. The van der Waals surface area contributed by atoms with E-state index in [1.807, 2.05) is 53.7 Å². The number of amides is 1. The number of rotatable bonds is 1. The van der Waals surface area contributed by atoms with Crippen LogP contribution in [0.15, 0.2) is 22.7 Å². The predicted octanol–water partition coefficient (Wildman–Crippen LogP) is 3.50. The molecule has 7 nitrogen and oxygen atoms in total. The Kier molecular flexibility index (Phi) is 5.40. The molecule has 1 saturated heterocycles. The monoisotopic (exact) mass is 407 g/mol. The van der Waals surface area contributed by atoms with Crippen LogP contribution in [0.2, 0.25) is 0 Å². The molecular weight excluding hydrogens is 378 g/mol. The van der Waals surface area contributed by atoms with E-state index in [4.69, 9.17) is 9.47 Å². The average molecular weight is 408 g/mol. The van der Waals surface area contributed by atoms with Crippen LogP contribution in [0.1, 0.15) is 60.1 Å². The Labute approximate surface area is 169 Å². The number of hydrogen-bond donors (Lipinski definition) is 0. The molecule has 1 amide bonds. The molecule has 1 aromatic rings. The lowest BCUT2D eigenvalue weighted by atomic mass is 9.86. The molecule has 0 saturated carbocycles. The first-order valence-corrected chi connectivity index (χ1v) is 10.7. The second-order valence-electron chi connectivity index (χ2n) is 9.22. The molecule has 1 fully saturated rings.